The van der Waals surface area contributed by atoms with Crippen LogP contribution in [0.15, 0.2) is 18.2 Å². The van der Waals surface area contributed by atoms with Gasteiger partial charge in [0, 0.05) is 38.3 Å². The Kier molecular flexibility index (Phi) is 3.51. The van der Waals surface area contributed by atoms with Gasteiger partial charge in [-0.15, -0.1) is 0 Å². The van der Waals surface area contributed by atoms with E-state index in [-0.39, 0.29) is 0 Å². The van der Waals surface area contributed by atoms with Crippen molar-refractivity contribution in [3.8, 4) is 0 Å². The number of halogens is 2. The van der Waals surface area contributed by atoms with Crippen LogP contribution >= 0.6 is 0 Å². The Morgan fingerprint density at radius 3 is 2.62 bits per heavy atom. The first kappa shape index (κ1) is 11.5. The molecule has 1 aromatic carbocycles. The van der Waals surface area contributed by atoms with Crippen molar-refractivity contribution in [2.75, 3.05) is 19.6 Å². The molecule has 1 unspecified atom stereocenters. The van der Waals surface area contributed by atoms with E-state index in [2.05, 4.69) is 17.1 Å². The van der Waals surface area contributed by atoms with Gasteiger partial charge in [-0.2, -0.15) is 0 Å². The summed E-state index contributed by atoms with van der Waals surface area (Å²) < 4.78 is 26.0. The van der Waals surface area contributed by atoms with Crippen molar-refractivity contribution in [1.29, 1.82) is 0 Å². The molecule has 0 amide bonds. The Morgan fingerprint density at radius 2 is 2.00 bits per heavy atom. The maximum atomic E-state index is 13.0. The third-order valence-electron chi connectivity index (χ3n) is 2.95. The number of rotatable bonds is 2. The molecular formula is C12H16F2N2. The summed E-state index contributed by atoms with van der Waals surface area (Å²) >= 11 is 0. The molecule has 0 bridgehead atoms. The van der Waals surface area contributed by atoms with E-state index in [1.165, 1.54) is 12.1 Å². The van der Waals surface area contributed by atoms with Crippen molar-refractivity contribution >= 4 is 0 Å². The predicted octanol–water partition coefficient (Wildman–Crippen LogP) is 1.76. The first-order valence-electron chi connectivity index (χ1n) is 5.55. The molecule has 1 aliphatic rings. The first-order valence-corrected chi connectivity index (χ1v) is 5.55. The number of nitrogens with zero attached hydrogens (tertiary/aromatic N) is 1. The molecule has 4 heteroatoms. The molecule has 0 spiro atoms. The van der Waals surface area contributed by atoms with E-state index in [1.54, 1.807) is 0 Å². The largest absolute Gasteiger partial charge is 0.314 e. The minimum Gasteiger partial charge on any atom is -0.314 e. The predicted molar refractivity (Wildman–Crippen MR) is 59.1 cm³/mol. The summed E-state index contributed by atoms with van der Waals surface area (Å²) in [6.07, 6.45) is 0. The van der Waals surface area contributed by atoms with Crippen LogP contribution < -0.4 is 5.32 Å². The molecular weight excluding hydrogens is 210 g/mol. The zero-order chi connectivity index (χ0) is 11.5. The second-order valence-electron chi connectivity index (χ2n) is 4.30. The van der Waals surface area contributed by atoms with Crippen LogP contribution in [-0.4, -0.2) is 30.6 Å². The molecule has 0 aliphatic carbocycles. The Balaban J connectivity index is 2.07. The molecule has 16 heavy (non-hydrogen) atoms. The van der Waals surface area contributed by atoms with Gasteiger partial charge >= 0.3 is 0 Å². The number of hydrogen-bond donors (Lipinski definition) is 1. The second-order valence-corrected chi connectivity index (χ2v) is 4.30. The molecule has 1 N–H and O–H groups in total. The van der Waals surface area contributed by atoms with Gasteiger partial charge in [0.1, 0.15) is 11.6 Å². The summed E-state index contributed by atoms with van der Waals surface area (Å²) in [5.41, 5.74) is 0.700. The number of hydrogen-bond acceptors (Lipinski definition) is 2. The molecule has 88 valence electrons. The van der Waals surface area contributed by atoms with Gasteiger partial charge in [0.15, 0.2) is 0 Å². The average Bonchev–Trinajstić information content (AvgIpc) is 2.20. The average molecular weight is 226 g/mol. The third kappa shape index (κ3) is 2.77. The Labute approximate surface area is 94.3 Å². The first-order chi connectivity index (χ1) is 7.65. The maximum Gasteiger partial charge on any atom is 0.126 e. The lowest BCUT2D eigenvalue weighted by atomic mass is 10.1. The van der Waals surface area contributed by atoms with E-state index in [4.69, 9.17) is 0 Å². The smallest absolute Gasteiger partial charge is 0.126 e. The summed E-state index contributed by atoms with van der Waals surface area (Å²) in [5.74, 6) is -1.00. The van der Waals surface area contributed by atoms with Gasteiger partial charge in [-0.3, -0.25) is 4.90 Å². The Hall–Kier alpha value is -1.00. The van der Waals surface area contributed by atoms with Crippen LogP contribution in [0.3, 0.4) is 0 Å². The van der Waals surface area contributed by atoms with Crippen LogP contribution in [0.5, 0.6) is 0 Å². The van der Waals surface area contributed by atoms with Crippen LogP contribution in [0.1, 0.15) is 12.5 Å². The van der Waals surface area contributed by atoms with Crippen LogP contribution in [-0.2, 0) is 6.54 Å². The van der Waals surface area contributed by atoms with E-state index < -0.39 is 11.6 Å². The minimum atomic E-state index is -0.502. The summed E-state index contributed by atoms with van der Waals surface area (Å²) in [6.45, 7) is 5.50. The van der Waals surface area contributed by atoms with Gasteiger partial charge in [0.05, 0.1) is 0 Å². The lowest BCUT2D eigenvalue weighted by Crippen LogP contribution is -2.49. The summed E-state index contributed by atoms with van der Waals surface area (Å²) in [6, 6.07) is 4.11. The van der Waals surface area contributed by atoms with Crippen molar-refractivity contribution < 1.29 is 8.78 Å². The SMILES string of the molecule is CC1CNCCN1Cc1cc(F)cc(F)c1. The second kappa shape index (κ2) is 4.89. The lowest BCUT2D eigenvalue weighted by molar-refractivity contribution is 0.165. The molecule has 1 saturated heterocycles. The summed E-state index contributed by atoms with van der Waals surface area (Å²) in [5, 5.41) is 3.28. The number of piperazine rings is 1. The van der Waals surface area contributed by atoms with Crippen LogP contribution in [0.25, 0.3) is 0 Å². The Morgan fingerprint density at radius 1 is 1.31 bits per heavy atom. The highest BCUT2D eigenvalue weighted by Crippen LogP contribution is 2.13. The fraction of sp³-hybridized carbons (Fsp3) is 0.500. The third-order valence-corrected chi connectivity index (χ3v) is 2.95. The molecule has 0 saturated carbocycles. The van der Waals surface area contributed by atoms with E-state index >= 15 is 0 Å². The van der Waals surface area contributed by atoms with Gasteiger partial charge in [0.25, 0.3) is 0 Å². The van der Waals surface area contributed by atoms with E-state index in [0.29, 0.717) is 18.2 Å². The van der Waals surface area contributed by atoms with E-state index in [1.807, 2.05) is 0 Å². The maximum absolute atomic E-state index is 13.0. The van der Waals surface area contributed by atoms with Crippen molar-refractivity contribution in [1.82, 2.24) is 10.2 Å². The minimum absolute atomic E-state index is 0.403. The highest BCUT2D eigenvalue weighted by molar-refractivity contribution is 5.18. The normalized spacial score (nSPS) is 22.3. The highest BCUT2D eigenvalue weighted by Gasteiger charge is 2.18. The fourth-order valence-electron chi connectivity index (χ4n) is 2.05. The monoisotopic (exact) mass is 226 g/mol. The summed E-state index contributed by atoms with van der Waals surface area (Å²) in [4.78, 5) is 2.23. The molecule has 2 rings (SSSR count). The number of nitrogens with one attached hydrogen (secondary N) is 1. The van der Waals surface area contributed by atoms with Crippen molar-refractivity contribution in [2.45, 2.75) is 19.5 Å². The molecule has 0 radical (unpaired) electrons. The Bertz CT molecular complexity index is 348. The van der Waals surface area contributed by atoms with Crippen LogP contribution in [0.4, 0.5) is 8.78 Å². The van der Waals surface area contributed by atoms with Gasteiger partial charge in [-0.05, 0) is 24.6 Å². The standard InChI is InChI=1S/C12H16F2N2/c1-9-7-15-2-3-16(9)8-10-4-11(13)6-12(14)5-10/h4-6,9,15H,2-3,7-8H2,1H3. The molecule has 1 fully saturated rings. The molecule has 1 atom stereocenters. The molecule has 1 heterocycles. The van der Waals surface area contributed by atoms with Crippen molar-refractivity contribution in [3.05, 3.63) is 35.4 Å². The lowest BCUT2D eigenvalue weighted by Gasteiger charge is -2.33. The topological polar surface area (TPSA) is 15.3 Å². The molecule has 2 nitrogen and oxygen atoms in total. The zero-order valence-corrected chi connectivity index (χ0v) is 9.34. The van der Waals surface area contributed by atoms with Gasteiger partial charge in [0.2, 0.25) is 0 Å². The quantitative estimate of drug-likeness (QED) is 0.826. The van der Waals surface area contributed by atoms with Gasteiger partial charge in [-0.25, -0.2) is 8.78 Å². The summed E-state index contributed by atoms with van der Waals surface area (Å²) in [7, 11) is 0. The molecule has 0 aromatic heterocycles. The van der Waals surface area contributed by atoms with Crippen LogP contribution in [0.2, 0.25) is 0 Å². The van der Waals surface area contributed by atoms with E-state index in [0.717, 1.165) is 25.7 Å². The van der Waals surface area contributed by atoms with Crippen molar-refractivity contribution in [3.63, 3.8) is 0 Å². The van der Waals surface area contributed by atoms with Crippen molar-refractivity contribution in [2.24, 2.45) is 0 Å². The van der Waals surface area contributed by atoms with E-state index in [9.17, 15) is 8.78 Å². The fourth-order valence-corrected chi connectivity index (χ4v) is 2.05. The zero-order valence-electron chi connectivity index (χ0n) is 9.34. The molecule has 1 aromatic rings. The number of benzene rings is 1. The highest BCUT2D eigenvalue weighted by atomic mass is 19.1. The van der Waals surface area contributed by atoms with Gasteiger partial charge in [-0.1, -0.05) is 0 Å². The van der Waals surface area contributed by atoms with Gasteiger partial charge < -0.3 is 5.32 Å². The molecule has 1 aliphatic heterocycles. The van der Waals surface area contributed by atoms with Crippen LogP contribution in [0, 0.1) is 11.6 Å².